The Morgan fingerprint density at radius 1 is 1.30 bits per heavy atom. The molecule has 0 aliphatic carbocycles. The lowest BCUT2D eigenvalue weighted by Gasteiger charge is -2.34. The number of hydrogen-bond acceptors (Lipinski definition) is 3. The second-order valence-electron chi connectivity index (χ2n) is 5.61. The number of aliphatic hydroxyl groups excluding tert-OH is 1. The number of likely N-dealkylation sites (tertiary alicyclic amines) is 1. The van der Waals surface area contributed by atoms with Gasteiger partial charge in [-0.2, -0.15) is 0 Å². The highest BCUT2D eigenvalue weighted by Gasteiger charge is 2.24. The minimum atomic E-state index is 0.192. The van der Waals surface area contributed by atoms with Crippen molar-refractivity contribution >= 4 is 5.78 Å². The molecule has 0 aromatic heterocycles. The molecule has 1 fully saturated rings. The van der Waals surface area contributed by atoms with Crippen molar-refractivity contribution in [2.45, 2.75) is 45.1 Å². The van der Waals surface area contributed by atoms with E-state index < -0.39 is 0 Å². The number of carbonyl (C=O) groups is 1. The van der Waals surface area contributed by atoms with Crippen molar-refractivity contribution in [2.24, 2.45) is 0 Å². The SMILES string of the molecule is CCc1ccc(C(=O)CN2CCCCC2CCO)cc1. The molecule has 3 nitrogen and oxygen atoms in total. The molecular weight excluding hydrogens is 250 g/mol. The highest BCUT2D eigenvalue weighted by Crippen LogP contribution is 2.20. The van der Waals surface area contributed by atoms with Gasteiger partial charge in [0.15, 0.2) is 5.78 Å². The van der Waals surface area contributed by atoms with E-state index in [4.69, 9.17) is 5.11 Å². The van der Waals surface area contributed by atoms with Crippen LogP contribution in [0.4, 0.5) is 0 Å². The molecule has 1 unspecified atom stereocenters. The van der Waals surface area contributed by atoms with Crippen LogP contribution >= 0.6 is 0 Å². The van der Waals surface area contributed by atoms with E-state index >= 15 is 0 Å². The summed E-state index contributed by atoms with van der Waals surface area (Å²) in [6, 6.07) is 8.31. The number of hydrogen-bond donors (Lipinski definition) is 1. The van der Waals surface area contributed by atoms with Gasteiger partial charge in [0, 0.05) is 18.2 Å². The van der Waals surface area contributed by atoms with Crippen LogP contribution in [0.2, 0.25) is 0 Å². The highest BCUT2D eigenvalue weighted by molar-refractivity contribution is 5.97. The molecule has 1 heterocycles. The van der Waals surface area contributed by atoms with Crippen molar-refractivity contribution in [3.05, 3.63) is 35.4 Å². The first-order valence-electron chi connectivity index (χ1n) is 7.71. The Morgan fingerprint density at radius 3 is 2.70 bits per heavy atom. The van der Waals surface area contributed by atoms with Crippen LogP contribution in [0, 0.1) is 0 Å². The van der Waals surface area contributed by atoms with E-state index in [0.717, 1.165) is 37.8 Å². The summed E-state index contributed by atoms with van der Waals surface area (Å²) in [6.45, 7) is 3.78. The van der Waals surface area contributed by atoms with Gasteiger partial charge in [0.05, 0.1) is 6.54 Å². The molecule has 0 radical (unpaired) electrons. The number of Topliss-reactive ketones (excluding diaryl/α,β-unsaturated/α-hetero) is 1. The van der Waals surface area contributed by atoms with Gasteiger partial charge in [-0.25, -0.2) is 0 Å². The molecule has 1 N–H and O–H groups in total. The van der Waals surface area contributed by atoms with Crippen LogP contribution < -0.4 is 0 Å². The van der Waals surface area contributed by atoms with Crippen LogP contribution in [0.5, 0.6) is 0 Å². The number of carbonyl (C=O) groups excluding carboxylic acids is 1. The zero-order valence-electron chi connectivity index (χ0n) is 12.3. The lowest BCUT2D eigenvalue weighted by atomic mass is 9.98. The van der Waals surface area contributed by atoms with Crippen LogP contribution in [-0.4, -0.2) is 41.5 Å². The van der Waals surface area contributed by atoms with E-state index in [2.05, 4.69) is 11.8 Å². The molecule has 0 saturated carbocycles. The Balaban J connectivity index is 1.97. The monoisotopic (exact) mass is 275 g/mol. The molecule has 0 bridgehead atoms. The van der Waals surface area contributed by atoms with Crippen LogP contribution in [-0.2, 0) is 6.42 Å². The van der Waals surface area contributed by atoms with Gasteiger partial charge in [0.25, 0.3) is 0 Å². The number of benzene rings is 1. The summed E-state index contributed by atoms with van der Waals surface area (Å²) in [5.41, 5.74) is 2.06. The number of rotatable bonds is 6. The fourth-order valence-electron chi connectivity index (χ4n) is 2.95. The Kier molecular flexibility index (Phi) is 5.74. The fourth-order valence-corrected chi connectivity index (χ4v) is 2.95. The van der Waals surface area contributed by atoms with Gasteiger partial charge in [-0.05, 0) is 37.8 Å². The summed E-state index contributed by atoms with van der Waals surface area (Å²) in [5.74, 6) is 0.192. The first-order valence-corrected chi connectivity index (χ1v) is 7.71. The third kappa shape index (κ3) is 3.90. The normalized spacial score (nSPS) is 20.0. The van der Waals surface area contributed by atoms with Gasteiger partial charge >= 0.3 is 0 Å². The third-order valence-electron chi connectivity index (χ3n) is 4.24. The Labute approximate surface area is 121 Å². The van der Waals surface area contributed by atoms with Crippen molar-refractivity contribution in [1.29, 1.82) is 0 Å². The minimum Gasteiger partial charge on any atom is -0.396 e. The van der Waals surface area contributed by atoms with Crippen molar-refractivity contribution in [2.75, 3.05) is 19.7 Å². The molecule has 2 rings (SSSR count). The maximum atomic E-state index is 12.4. The number of ketones is 1. The number of aliphatic hydroxyl groups is 1. The summed E-state index contributed by atoms with van der Waals surface area (Å²) in [5, 5.41) is 9.13. The minimum absolute atomic E-state index is 0.192. The van der Waals surface area contributed by atoms with E-state index in [1.54, 1.807) is 0 Å². The summed E-state index contributed by atoms with van der Waals surface area (Å²) < 4.78 is 0. The lowest BCUT2D eigenvalue weighted by Crippen LogP contribution is -2.43. The molecule has 0 amide bonds. The van der Waals surface area contributed by atoms with Crippen LogP contribution in [0.25, 0.3) is 0 Å². The fraction of sp³-hybridized carbons (Fsp3) is 0.588. The van der Waals surface area contributed by atoms with Crippen LogP contribution in [0.3, 0.4) is 0 Å². The van der Waals surface area contributed by atoms with E-state index in [-0.39, 0.29) is 12.4 Å². The topological polar surface area (TPSA) is 40.5 Å². The standard InChI is InChI=1S/C17H25NO2/c1-2-14-6-8-15(9-7-14)17(20)13-18-11-4-3-5-16(18)10-12-19/h6-9,16,19H,2-5,10-13H2,1H3. The number of aryl methyl sites for hydroxylation is 1. The van der Waals surface area contributed by atoms with Gasteiger partial charge in [0.1, 0.15) is 0 Å². The summed E-state index contributed by atoms with van der Waals surface area (Å²) in [4.78, 5) is 14.6. The number of nitrogens with zero attached hydrogens (tertiary/aromatic N) is 1. The third-order valence-corrected chi connectivity index (χ3v) is 4.24. The Hall–Kier alpha value is -1.19. The Morgan fingerprint density at radius 2 is 2.05 bits per heavy atom. The predicted octanol–water partition coefficient (Wildman–Crippen LogP) is 2.67. The smallest absolute Gasteiger partial charge is 0.176 e. The molecule has 1 saturated heterocycles. The first-order chi connectivity index (χ1) is 9.74. The van der Waals surface area contributed by atoms with Gasteiger partial charge in [-0.15, -0.1) is 0 Å². The first kappa shape index (κ1) is 15.2. The summed E-state index contributed by atoms with van der Waals surface area (Å²) in [6.07, 6.45) is 5.24. The number of piperidine rings is 1. The molecule has 3 heteroatoms. The average molecular weight is 275 g/mol. The summed E-state index contributed by atoms with van der Waals surface area (Å²) >= 11 is 0. The van der Waals surface area contributed by atoms with Gasteiger partial charge in [-0.3, -0.25) is 9.69 Å². The lowest BCUT2D eigenvalue weighted by molar-refractivity contribution is 0.0799. The molecule has 1 aliphatic heterocycles. The molecular formula is C17H25NO2. The maximum absolute atomic E-state index is 12.4. The molecule has 20 heavy (non-hydrogen) atoms. The van der Waals surface area contributed by atoms with E-state index in [0.29, 0.717) is 12.6 Å². The van der Waals surface area contributed by atoms with Gasteiger partial charge < -0.3 is 5.11 Å². The molecule has 1 aromatic carbocycles. The van der Waals surface area contributed by atoms with Gasteiger partial charge in [-0.1, -0.05) is 37.6 Å². The quantitative estimate of drug-likeness (QED) is 0.811. The average Bonchev–Trinajstić information content (AvgIpc) is 2.49. The predicted molar refractivity (Wildman–Crippen MR) is 81.1 cm³/mol. The second kappa shape index (κ2) is 7.55. The summed E-state index contributed by atoms with van der Waals surface area (Å²) in [7, 11) is 0. The van der Waals surface area contributed by atoms with Crippen molar-refractivity contribution in [1.82, 2.24) is 4.90 Å². The van der Waals surface area contributed by atoms with Crippen LogP contribution in [0.15, 0.2) is 24.3 Å². The molecule has 1 aliphatic rings. The highest BCUT2D eigenvalue weighted by atomic mass is 16.3. The zero-order chi connectivity index (χ0) is 14.4. The van der Waals surface area contributed by atoms with Gasteiger partial charge in [0.2, 0.25) is 0 Å². The Bertz CT molecular complexity index is 425. The van der Waals surface area contributed by atoms with Crippen molar-refractivity contribution < 1.29 is 9.90 Å². The van der Waals surface area contributed by atoms with Crippen molar-refractivity contribution in [3.63, 3.8) is 0 Å². The van der Waals surface area contributed by atoms with E-state index in [1.165, 1.54) is 12.0 Å². The zero-order valence-corrected chi connectivity index (χ0v) is 12.3. The maximum Gasteiger partial charge on any atom is 0.176 e. The molecule has 110 valence electrons. The molecule has 1 atom stereocenters. The largest absolute Gasteiger partial charge is 0.396 e. The van der Waals surface area contributed by atoms with E-state index in [1.807, 2.05) is 24.3 Å². The van der Waals surface area contributed by atoms with Crippen molar-refractivity contribution in [3.8, 4) is 0 Å². The molecule has 1 aromatic rings. The second-order valence-corrected chi connectivity index (χ2v) is 5.61. The van der Waals surface area contributed by atoms with Crippen LogP contribution in [0.1, 0.15) is 48.5 Å². The van der Waals surface area contributed by atoms with E-state index in [9.17, 15) is 4.79 Å². The molecule has 0 spiro atoms.